The van der Waals surface area contributed by atoms with Gasteiger partial charge >= 0.3 is 0 Å². The molecule has 1 heterocycles. The smallest absolute Gasteiger partial charge is 0.243 e. The van der Waals surface area contributed by atoms with Crippen LogP contribution in [0.25, 0.3) is 0 Å². The molecule has 0 aromatic carbocycles. The minimum absolute atomic E-state index is 0.0697. The van der Waals surface area contributed by atoms with Crippen LogP contribution in [0.3, 0.4) is 0 Å². The minimum atomic E-state index is -0.209. The van der Waals surface area contributed by atoms with Crippen molar-refractivity contribution in [2.24, 2.45) is 0 Å². The van der Waals surface area contributed by atoms with Gasteiger partial charge in [0.15, 0.2) is 0 Å². The van der Waals surface area contributed by atoms with Crippen LogP contribution in [0.5, 0.6) is 0 Å². The molecule has 1 amide bonds. The van der Waals surface area contributed by atoms with Crippen molar-refractivity contribution in [1.29, 1.82) is 0 Å². The first-order valence-electron chi connectivity index (χ1n) is 5.49. The van der Waals surface area contributed by atoms with Crippen LogP contribution in [0.4, 0.5) is 5.13 Å². The summed E-state index contributed by atoms with van der Waals surface area (Å²) >= 11 is 1.31. The number of hydrogen-bond donors (Lipinski definition) is 1. The number of aromatic nitrogens is 2. The number of rotatable bonds is 7. The van der Waals surface area contributed by atoms with Crippen molar-refractivity contribution in [2.45, 2.75) is 19.9 Å². The molecule has 1 aromatic rings. The second kappa shape index (κ2) is 7.31. The van der Waals surface area contributed by atoms with Crippen LogP contribution in [-0.4, -0.2) is 53.9 Å². The van der Waals surface area contributed by atoms with Crippen LogP contribution in [0.1, 0.15) is 13.8 Å². The highest BCUT2D eigenvalue weighted by atomic mass is 32.1. The van der Waals surface area contributed by atoms with Crippen LogP contribution in [-0.2, 0) is 9.53 Å². The molecule has 0 bridgehead atoms. The number of likely N-dealkylation sites (N-methyl/N-ethyl adjacent to an activating group) is 1. The number of carbonyl (C=O) groups is 1. The van der Waals surface area contributed by atoms with Gasteiger partial charge in [-0.3, -0.25) is 15.0 Å². The molecule has 0 fully saturated rings. The van der Waals surface area contributed by atoms with E-state index in [0.29, 0.717) is 11.7 Å². The van der Waals surface area contributed by atoms with Crippen molar-refractivity contribution in [3.8, 4) is 0 Å². The van der Waals surface area contributed by atoms with E-state index in [4.69, 9.17) is 4.74 Å². The van der Waals surface area contributed by atoms with Gasteiger partial charge in [-0.05, 0) is 13.5 Å². The molecule has 0 radical (unpaired) electrons. The monoisotopic (exact) mass is 258 g/mol. The van der Waals surface area contributed by atoms with Crippen molar-refractivity contribution in [1.82, 2.24) is 15.1 Å². The van der Waals surface area contributed by atoms with E-state index in [1.54, 1.807) is 12.6 Å². The maximum Gasteiger partial charge on any atom is 0.243 e. The summed E-state index contributed by atoms with van der Waals surface area (Å²) in [6, 6.07) is -0.209. The maximum atomic E-state index is 11.9. The quantitative estimate of drug-likeness (QED) is 0.784. The van der Waals surface area contributed by atoms with Crippen LogP contribution in [0.2, 0.25) is 0 Å². The number of ether oxygens (including phenoxy) is 1. The van der Waals surface area contributed by atoms with E-state index in [1.165, 1.54) is 11.3 Å². The molecule has 7 heteroatoms. The standard InChI is InChI=1S/C10H18N4O2S/c1-4-14(5-6-16-3)8(2)9(15)12-10-13-11-7-17-10/h7-8H,4-6H2,1-3H3,(H,12,13,15)/t8-/m1/s1. The molecule has 0 saturated heterocycles. The van der Waals surface area contributed by atoms with E-state index in [-0.39, 0.29) is 11.9 Å². The summed E-state index contributed by atoms with van der Waals surface area (Å²) in [6.07, 6.45) is 0. The lowest BCUT2D eigenvalue weighted by atomic mass is 10.2. The van der Waals surface area contributed by atoms with E-state index in [1.807, 2.05) is 18.7 Å². The van der Waals surface area contributed by atoms with Gasteiger partial charge in [-0.25, -0.2) is 0 Å². The zero-order valence-corrected chi connectivity index (χ0v) is 11.2. The Balaban J connectivity index is 2.48. The molecule has 17 heavy (non-hydrogen) atoms. The van der Waals surface area contributed by atoms with Gasteiger partial charge in [0.1, 0.15) is 5.51 Å². The van der Waals surface area contributed by atoms with E-state index >= 15 is 0 Å². The third-order valence-corrected chi connectivity index (χ3v) is 3.11. The molecule has 96 valence electrons. The predicted octanol–water partition coefficient (Wildman–Crippen LogP) is 0.833. The molecule has 1 aromatic heterocycles. The Labute approximate surface area is 105 Å². The summed E-state index contributed by atoms with van der Waals surface area (Å²) in [5, 5.41) is 10.7. The number of nitrogens with zero attached hydrogens (tertiary/aromatic N) is 3. The number of amides is 1. The number of hydrogen-bond acceptors (Lipinski definition) is 6. The van der Waals surface area contributed by atoms with Gasteiger partial charge in [0.05, 0.1) is 12.6 Å². The molecule has 0 saturated carbocycles. The van der Waals surface area contributed by atoms with E-state index in [0.717, 1.165) is 13.1 Å². The fraction of sp³-hybridized carbons (Fsp3) is 0.700. The summed E-state index contributed by atoms with van der Waals surface area (Å²) in [5.41, 5.74) is 1.59. The number of methoxy groups -OCH3 is 1. The van der Waals surface area contributed by atoms with Gasteiger partial charge in [-0.1, -0.05) is 18.3 Å². The lowest BCUT2D eigenvalue weighted by Gasteiger charge is -2.25. The number of anilines is 1. The highest BCUT2D eigenvalue weighted by Crippen LogP contribution is 2.09. The Bertz CT molecular complexity index is 331. The Morgan fingerprint density at radius 3 is 3.00 bits per heavy atom. The Hall–Kier alpha value is -1.05. The summed E-state index contributed by atoms with van der Waals surface area (Å²) in [4.78, 5) is 14.0. The van der Waals surface area contributed by atoms with Crippen molar-refractivity contribution >= 4 is 22.4 Å². The average Bonchev–Trinajstić information content (AvgIpc) is 2.82. The topological polar surface area (TPSA) is 67.3 Å². The predicted molar refractivity (Wildman–Crippen MR) is 67.1 cm³/mol. The molecule has 6 nitrogen and oxygen atoms in total. The maximum absolute atomic E-state index is 11.9. The second-order valence-corrected chi connectivity index (χ2v) is 4.36. The highest BCUT2D eigenvalue weighted by molar-refractivity contribution is 7.13. The normalized spacial score (nSPS) is 12.7. The molecule has 1 rings (SSSR count). The third kappa shape index (κ3) is 4.37. The molecule has 0 aliphatic rings. The molecule has 0 unspecified atom stereocenters. The number of carbonyl (C=O) groups excluding carboxylic acids is 1. The van der Waals surface area contributed by atoms with Gasteiger partial charge < -0.3 is 4.74 Å². The molecule has 0 aliphatic carbocycles. The van der Waals surface area contributed by atoms with Gasteiger partial charge in [0.2, 0.25) is 11.0 Å². The van der Waals surface area contributed by atoms with Crippen molar-refractivity contribution < 1.29 is 9.53 Å². The third-order valence-electron chi connectivity index (χ3n) is 2.51. The van der Waals surface area contributed by atoms with E-state index in [9.17, 15) is 4.79 Å². The van der Waals surface area contributed by atoms with Crippen molar-refractivity contribution in [2.75, 3.05) is 32.1 Å². The molecular weight excluding hydrogens is 240 g/mol. The van der Waals surface area contributed by atoms with Crippen LogP contribution < -0.4 is 5.32 Å². The molecule has 0 aliphatic heterocycles. The first kappa shape index (κ1) is 14.0. The van der Waals surface area contributed by atoms with Gasteiger partial charge in [-0.2, -0.15) is 0 Å². The van der Waals surface area contributed by atoms with E-state index in [2.05, 4.69) is 15.5 Å². The lowest BCUT2D eigenvalue weighted by Crippen LogP contribution is -2.43. The Kier molecular flexibility index (Phi) is 6.03. The molecule has 1 N–H and O–H groups in total. The fourth-order valence-electron chi connectivity index (χ4n) is 1.44. The Morgan fingerprint density at radius 2 is 2.47 bits per heavy atom. The van der Waals surface area contributed by atoms with Gasteiger partial charge in [-0.15, -0.1) is 10.2 Å². The summed E-state index contributed by atoms with van der Waals surface area (Å²) < 4.78 is 5.02. The number of nitrogens with one attached hydrogen (secondary N) is 1. The zero-order valence-electron chi connectivity index (χ0n) is 10.3. The SMILES string of the molecule is CCN(CCOC)[C@H](C)C(=O)Nc1nncs1. The molecule has 1 atom stereocenters. The largest absolute Gasteiger partial charge is 0.383 e. The highest BCUT2D eigenvalue weighted by Gasteiger charge is 2.20. The van der Waals surface area contributed by atoms with Gasteiger partial charge in [0.25, 0.3) is 0 Å². The van der Waals surface area contributed by atoms with Crippen molar-refractivity contribution in [3.05, 3.63) is 5.51 Å². The summed E-state index contributed by atoms with van der Waals surface area (Å²) in [6.45, 7) is 6.04. The lowest BCUT2D eigenvalue weighted by molar-refractivity contribution is -0.120. The van der Waals surface area contributed by atoms with Crippen molar-refractivity contribution in [3.63, 3.8) is 0 Å². The zero-order chi connectivity index (χ0) is 12.7. The minimum Gasteiger partial charge on any atom is -0.383 e. The van der Waals surface area contributed by atoms with Crippen LogP contribution >= 0.6 is 11.3 Å². The summed E-state index contributed by atoms with van der Waals surface area (Å²) in [7, 11) is 1.65. The van der Waals surface area contributed by atoms with Crippen LogP contribution in [0, 0.1) is 0 Å². The van der Waals surface area contributed by atoms with Gasteiger partial charge in [0, 0.05) is 13.7 Å². The second-order valence-electron chi connectivity index (χ2n) is 3.53. The first-order valence-corrected chi connectivity index (χ1v) is 6.37. The van der Waals surface area contributed by atoms with Crippen LogP contribution in [0.15, 0.2) is 5.51 Å². The Morgan fingerprint density at radius 1 is 1.71 bits per heavy atom. The molecule has 0 spiro atoms. The summed E-state index contributed by atoms with van der Waals surface area (Å²) in [5.74, 6) is -0.0697. The van der Waals surface area contributed by atoms with E-state index < -0.39 is 0 Å². The average molecular weight is 258 g/mol. The first-order chi connectivity index (χ1) is 8.19. The molecular formula is C10H18N4O2S. The fourth-order valence-corrected chi connectivity index (χ4v) is 1.89.